The summed E-state index contributed by atoms with van der Waals surface area (Å²) >= 11 is 0. The Kier molecular flexibility index (Phi) is 7.81. The summed E-state index contributed by atoms with van der Waals surface area (Å²) in [6, 6.07) is 15.4. The fourth-order valence-electron chi connectivity index (χ4n) is 5.79. The molecular formula is C32H34N4O5. The molecule has 6 N–H and O–H groups in total. The third kappa shape index (κ3) is 5.81. The van der Waals surface area contributed by atoms with Gasteiger partial charge in [-0.05, 0) is 71.8 Å². The molecule has 212 valence electrons. The van der Waals surface area contributed by atoms with E-state index in [4.69, 9.17) is 5.73 Å². The fraction of sp³-hybridized carbons (Fsp3) is 0.281. The average molecular weight is 555 g/mol. The molecule has 0 bridgehead atoms. The van der Waals surface area contributed by atoms with Crippen molar-refractivity contribution in [2.75, 3.05) is 0 Å². The van der Waals surface area contributed by atoms with Gasteiger partial charge in [0.2, 0.25) is 11.8 Å². The molecule has 0 radical (unpaired) electrons. The molecule has 0 fully saturated rings. The maximum Gasteiger partial charge on any atom is 0.326 e. The van der Waals surface area contributed by atoms with E-state index in [-0.39, 0.29) is 31.6 Å². The van der Waals surface area contributed by atoms with Gasteiger partial charge in [0.15, 0.2) is 0 Å². The van der Waals surface area contributed by atoms with Gasteiger partial charge < -0.3 is 31.1 Å². The normalized spacial score (nSPS) is 16.2. The number of hydrogen-bond acceptors (Lipinski definition) is 5. The Morgan fingerprint density at radius 1 is 1.02 bits per heavy atom. The van der Waals surface area contributed by atoms with Gasteiger partial charge in [-0.3, -0.25) is 9.59 Å². The summed E-state index contributed by atoms with van der Waals surface area (Å²) in [6.07, 6.45) is 2.33. The molecule has 5 rings (SSSR count). The number of nitrogens with two attached hydrogens (primary N) is 1. The minimum Gasteiger partial charge on any atom is -0.508 e. The van der Waals surface area contributed by atoms with E-state index in [1.54, 1.807) is 18.3 Å². The number of aromatic hydroxyl groups is 1. The zero-order valence-electron chi connectivity index (χ0n) is 23.1. The van der Waals surface area contributed by atoms with Gasteiger partial charge in [0.1, 0.15) is 17.8 Å². The summed E-state index contributed by atoms with van der Waals surface area (Å²) in [6.45, 7) is 3.90. The molecular weight excluding hydrogens is 520 g/mol. The van der Waals surface area contributed by atoms with Gasteiger partial charge in [0.25, 0.3) is 0 Å². The van der Waals surface area contributed by atoms with Crippen LogP contribution in [0.4, 0.5) is 0 Å². The van der Waals surface area contributed by atoms with Crippen LogP contribution in [0.15, 0.2) is 66.9 Å². The summed E-state index contributed by atoms with van der Waals surface area (Å²) in [4.78, 5) is 44.4. The number of aryl methyl sites for hydroxylation is 2. The van der Waals surface area contributed by atoms with Crippen LogP contribution in [0, 0.1) is 13.8 Å². The van der Waals surface area contributed by atoms with Gasteiger partial charge in [-0.25, -0.2) is 4.79 Å². The van der Waals surface area contributed by atoms with E-state index in [0.717, 1.165) is 44.3 Å². The number of phenolic OH excluding ortho intramolecular Hbond substituents is 1. The summed E-state index contributed by atoms with van der Waals surface area (Å²) in [5, 5.41) is 23.5. The number of carboxylic acids is 1. The molecule has 3 atom stereocenters. The number of aliphatic carboxylic acids is 1. The molecule has 4 aromatic rings. The van der Waals surface area contributed by atoms with E-state index in [2.05, 4.69) is 10.3 Å². The molecule has 1 aliphatic rings. The zero-order valence-corrected chi connectivity index (χ0v) is 23.1. The van der Waals surface area contributed by atoms with Crippen molar-refractivity contribution in [3.05, 3.63) is 100 Å². The first-order valence-corrected chi connectivity index (χ1v) is 13.6. The summed E-state index contributed by atoms with van der Waals surface area (Å²) < 4.78 is 0. The second-order valence-corrected chi connectivity index (χ2v) is 10.8. The smallest absolute Gasteiger partial charge is 0.326 e. The third-order valence-electron chi connectivity index (χ3n) is 7.97. The number of amides is 2. The highest BCUT2D eigenvalue weighted by Crippen LogP contribution is 2.27. The number of H-pyrrole nitrogens is 1. The van der Waals surface area contributed by atoms with Crippen molar-refractivity contribution in [3.63, 3.8) is 0 Å². The lowest BCUT2D eigenvalue weighted by Crippen LogP contribution is -2.58. The lowest BCUT2D eigenvalue weighted by atomic mass is 9.91. The molecule has 2 unspecified atom stereocenters. The van der Waals surface area contributed by atoms with Gasteiger partial charge in [-0.2, -0.15) is 0 Å². The predicted octanol–water partition coefficient (Wildman–Crippen LogP) is 3.13. The number of aromatic amines is 1. The number of nitrogens with zero attached hydrogens (tertiary/aromatic N) is 1. The van der Waals surface area contributed by atoms with Crippen molar-refractivity contribution < 1.29 is 24.6 Å². The topological polar surface area (TPSA) is 149 Å². The highest BCUT2D eigenvalue weighted by Gasteiger charge is 2.38. The molecule has 0 saturated carbocycles. The average Bonchev–Trinajstić information content (AvgIpc) is 3.36. The van der Waals surface area contributed by atoms with E-state index in [1.165, 1.54) is 4.90 Å². The molecule has 9 nitrogen and oxygen atoms in total. The first kappa shape index (κ1) is 27.9. The minimum atomic E-state index is -1.19. The number of fused-ring (bicyclic) bond motifs is 2. The second-order valence-electron chi connectivity index (χ2n) is 10.8. The number of nitrogens with one attached hydrogen (secondary N) is 2. The molecule has 0 aliphatic carbocycles. The standard InChI is InChI=1S/C32H34N4O5/c1-18-11-23(37)12-19(2)25(18)15-26(33)31(39)36-17-21-8-4-3-7-20(21)14-29(36)30(38)35-28(32(40)41)13-22-16-34-27-10-6-5-9-24(22)27/h3-12,16,26,28-29,34,37H,13-15,17,33H2,1-2H3,(H,35,38)(H,40,41)/t26?,28-,29?/m0/s1. The molecule has 41 heavy (non-hydrogen) atoms. The summed E-state index contributed by atoms with van der Waals surface area (Å²) in [7, 11) is 0. The highest BCUT2D eigenvalue weighted by atomic mass is 16.4. The van der Waals surface area contributed by atoms with Crippen molar-refractivity contribution in [1.29, 1.82) is 0 Å². The van der Waals surface area contributed by atoms with Crippen LogP contribution in [0.25, 0.3) is 10.9 Å². The first-order chi connectivity index (χ1) is 19.6. The van der Waals surface area contributed by atoms with Crippen LogP contribution in [-0.4, -0.2) is 56.0 Å². The van der Waals surface area contributed by atoms with Gasteiger partial charge in [0, 0.05) is 36.5 Å². The number of para-hydroxylation sites is 1. The number of aromatic nitrogens is 1. The quantitative estimate of drug-likeness (QED) is 0.226. The Morgan fingerprint density at radius 2 is 1.68 bits per heavy atom. The molecule has 2 heterocycles. The molecule has 2 amide bonds. The number of phenols is 1. The number of hydrogen-bond donors (Lipinski definition) is 5. The largest absolute Gasteiger partial charge is 0.508 e. The van der Waals surface area contributed by atoms with Gasteiger partial charge in [-0.15, -0.1) is 0 Å². The van der Waals surface area contributed by atoms with Gasteiger partial charge in [0.05, 0.1) is 6.04 Å². The molecule has 3 aromatic carbocycles. The van der Waals surface area contributed by atoms with Gasteiger partial charge in [-0.1, -0.05) is 42.5 Å². The Balaban J connectivity index is 1.39. The first-order valence-electron chi connectivity index (χ1n) is 13.6. The van der Waals surface area contributed by atoms with Crippen LogP contribution in [0.2, 0.25) is 0 Å². The van der Waals surface area contributed by atoms with Crippen LogP contribution in [0.5, 0.6) is 5.75 Å². The highest BCUT2D eigenvalue weighted by molar-refractivity contribution is 5.93. The van der Waals surface area contributed by atoms with E-state index in [9.17, 15) is 24.6 Å². The summed E-state index contributed by atoms with van der Waals surface area (Å²) in [5.41, 5.74) is 12.5. The van der Waals surface area contributed by atoms with E-state index >= 15 is 0 Å². The Morgan fingerprint density at radius 3 is 2.39 bits per heavy atom. The van der Waals surface area contributed by atoms with Crippen molar-refractivity contribution in [2.45, 2.75) is 57.8 Å². The molecule has 0 spiro atoms. The van der Waals surface area contributed by atoms with Crippen LogP contribution < -0.4 is 11.1 Å². The monoisotopic (exact) mass is 554 g/mol. The fourth-order valence-corrected chi connectivity index (χ4v) is 5.79. The van der Waals surface area contributed by atoms with Crippen LogP contribution >= 0.6 is 0 Å². The minimum absolute atomic E-state index is 0.0846. The van der Waals surface area contributed by atoms with Crippen molar-refractivity contribution in [2.24, 2.45) is 5.73 Å². The summed E-state index contributed by atoms with van der Waals surface area (Å²) in [5.74, 6) is -1.94. The van der Waals surface area contributed by atoms with Crippen LogP contribution in [0.3, 0.4) is 0 Å². The van der Waals surface area contributed by atoms with Crippen molar-refractivity contribution in [1.82, 2.24) is 15.2 Å². The van der Waals surface area contributed by atoms with E-state index < -0.39 is 35.9 Å². The molecule has 0 saturated heterocycles. The van der Waals surface area contributed by atoms with Crippen LogP contribution in [-0.2, 0) is 40.2 Å². The maximum atomic E-state index is 13.8. The Bertz CT molecular complexity index is 1600. The predicted molar refractivity (Wildman–Crippen MR) is 155 cm³/mol. The SMILES string of the molecule is Cc1cc(O)cc(C)c1CC(N)C(=O)N1Cc2ccccc2CC1C(=O)N[C@@H](Cc1c[nH]c2ccccc12)C(=O)O. The third-order valence-corrected chi connectivity index (χ3v) is 7.97. The zero-order chi connectivity index (χ0) is 29.3. The Hall–Kier alpha value is -4.63. The number of benzene rings is 3. The second kappa shape index (κ2) is 11.5. The number of rotatable bonds is 8. The Labute approximate surface area is 238 Å². The van der Waals surface area contributed by atoms with Gasteiger partial charge >= 0.3 is 5.97 Å². The maximum absolute atomic E-state index is 13.8. The van der Waals surface area contributed by atoms with E-state index in [0.29, 0.717) is 0 Å². The number of carbonyl (C=O) groups excluding carboxylic acids is 2. The molecule has 9 heteroatoms. The number of carboxylic acid groups (broad SMARTS) is 1. The van der Waals surface area contributed by atoms with Crippen LogP contribution in [0.1, 0.15) is 33.4 Å². The van der Waals surface area contributed by atoms with E-state index in [1.807, 2.05) is 62.4 Å². The van der Waals surface area contributed by atoms with Crippen molar-refractivity contribution in [3.8, 4) is 5.75 Å². The molecule has 1 aliphatic heterocycles. The lowest BCUT2D eigenvalue weighted by molar-refractivity contribution is -0.146. The van der Waals surface area contributed by atoms with Crippen molar-refractivity contribution >= 4 is 28.7 Å². The molecule has 1 aromatic heterocycles. The number of carbonyl (C=O) groups is 3. The lowest BCUT2D eigenvalue weighted by Gasteiger charge is -2.38.